The van der Waals surface area contributed by atoms with Gasteiger partial charge in [0.1, 0.15) is 5.75 Å². The van der Waals surface area contributed by atoms with Gasteiger partial charge in [0.15, 0.2) is 0 Å². The molecule has 3 nitrogen and oxygen atoms in total. The Kier molecular flexibility index (Phi) is 3.42. The molecule has 3 rings (SSSR count). The van der Waals surface area contributed by atoms with Gasteiger partial charge in [-0.05, 0) is 36.1 Å². The number of carbonyl (C=O) groups excluding carboxylic acids is 1. The minimum Gasteiger partial charge on any atom is -0.507 e. The summed E-state index contributed by atoms with van der Waals surface area (Å²) in [6, 6.07) is 15.0. The summed E-state index contributed by atoms with van der Waals surface area (Å²) in [7, 11) is 0. The number of hydrogen-bond acceptors (Lipinski definition) is 2. The van der Waals surface area contributed by atoms with Gasteiger partial charge in [0, 0.05) is 13.1 Å². The lowest BCUT2D eigenvalue weighted by Gasteiger charge is -2.21. The van der Waals surface area contributed by atoms with Crippen molar-refractivity contribution in [3.8, 4) is 5.75 Å². The van der Waals surface area contributed by atoms with Crippen LogP contribution in [0.4, 0.5) is 0 Å². The highest BCUT2D eigenvalue weighted by atomic mass is 16.3. The number of phenols is 1. The second-order valence-electron chi connectivity index (χ2n) is 5.12. The number of nitrogens with zero attached hydrogens (tertiary/aromatic N) is 1. The Morgan fingerprint density at radius 1 is 1.00 bits per heavy atom. The Labute approximate surface area is 118 Å². The number of hydrogen-bond donors (Lipinski definition) is 1. The maximum absolute atomic E-state index is 12.5. The molecule has 3 heteroatoms. The zero-order chi connectivity index (χ0) is 13.9. The second kappa shape index (κ2) is 5.37. The van der Waals surface area contributed by atoms with E-state index in [0.717, 1.165) is 19.4 Å². The third-order valence-electron chi connectivity index (χ3n) is 3.78. The van der Waals surface area contributed by atoms with E-state index < -0.39 is 0 Å². The van der Waals surface area contributed by atoms with Crippen LogP contribution < -0.4 is 0 Å². The second-order valence-corrected chi connectivity index (χ2v) is 5.12. The number of rotatable bonds is 1. The van der Waals surface area contributed by atoms with Crippen LogP contribution in [-0.4, -0.2) is 22.5 Å². The van der Waals surface area contributed by atoms with E-state index in [1.165, 1.54) is 11.1 Å². The standard InChI is InChI=1S/C17H17NO2/c19-16-10-4-3-9-15(16)17(20)18-11-5-8-13-6-1-2-7-14(13)12-18/h1-4,6-7,9-10,19H,5,8,11-12H2. The third-order valence-corrected chi connectivity index (χ3v) is 3.78. The molecule has 1 aliphatic rings. The molecule has 2 aromatic rings. The first-order valence-electron chi connectivity index (χ1n) is 6.90. The molecule has 1 N–H and O–H groups in total. The average molecular weight is 267 g/mol. The van der Waals surface area contributed by atoms with E-state index in [4.69, 9.17) is 0 Å². The van der Waals surface area contributed by atoms with E-state index in [1.54, 1.807) is 24.3 Å². The molecule has 1 aliphatic heterocycles. The summed E-state index contributed by atoms with van der Waals surface area (Å²) in [6.45, 7) is 1.34. The molecule has 0 bridgehead atoms. The average Bonchev–Trinajstić information content (AvgIpc) is 2.69. The lowest BCUT2D eigenvalue weighted by atomic mass is 10.0. The van der Waals surface area contributed by atoms with E-state index in [-0.39, 0.29) is 11.7 Å². The number of benzene rings is 2. The van der Waals surface area contributed by atoms with E-state index in [0.29, 0.717) is 12.1 Å². The van der Waals surface area contributed by atoms with Crippen LogP contribution in [0.15, 0.2) is 48.5 Å². The number of amides is 1. The highest BCUT2D eigenvalue weighted by Gasteiger charge is 2.21. The van der Waals surface area contributed by atoms with Crippen LogP contribution in [0.1, 0.15) is 27.9 Å². The normalized spacial score (nSPS) is 14.5. The molecule has 0 atom stereocenters. The van der Waals surface area contributed by atoms with E-state index in [2.05, 4.69) is 12.1 Å². The van der Waals surface area contributed by atoms with Gasteiger partial charge >= 0.3 is 0 Å². The van der Waals surface area contributed by atoms with Crippen LogP contribution >= 0.6 is 0 Å². The van der Waals surface area contributed by atoms with Crippen molar-refractivity contribution >= 4 is 5.91 Å². The Hall–Kier alpha value is -2.29. The molecule has 20 heavy (non-hydrogen) atoms. The minimum absolute atomic E-state index is 0.0510. The summed E-state index contributed by atoms with van der Waals surface area (Å²) < 4.78 is 0. The maximum atomic E-state index is 12.5. The molecule has 0 aromatic heterocycles. The first-order valence-corrected chi connectivity index (χ1v) is 6.90. The molecular weight excluding hydrogens is 250 g/mol. The monoisotopic (exact) mass is 267 g/mol. The van der Waals surface area contributed by atoms with Crippen LogP contribution in [0.3, 0.4) is 0 Å². The highest BCUT2D eigenvalue weighted by Crippen LogP contribution is 2.23. The SMILES string of the molecule is O=C(c1ccccc1O)N1CCCc2ccccc2C1. The van der Waals surface area contributed by atoms with Gasteiger partial charge in [0.25, 0.3) is 5.91 Å². The van der Waals surface area contributed by atoms with Crippen molar-refractivity contribution in [2.45, 2.75) is 19.4 Å². The highest BCUT2D eigenvalue weighted by molar-refractivity contribution is 5.96. The van der Waals surface area contributed by atoms with Crippen molar-refractivity contribution in [2.24, 2.45) is 0 Å². The Bertz CT molecular complexity index is 636. The van der Waals surface area contributed by atoms with Crippen LogP contribution in [0.5, 0.6) is 5.75 Å². The molecule has 1 amide bonds. The number of para-hydroxylation sites is 1. The molecule has 0 fully saturated rings. The van der Waals surface area contributed by atoms with Crippen molar-refractivity contribution in [3.63, 3.8) is 0 Å². The summed E-state index contributed by atoms with van der Waals surface area (Å²) in [5, 5.41) is 9.83. The number of fused-ring (bicyclic) bond motifs is 1. The van der Waals surface area contributed by atoms with Crippen molar-refractivity contribution in [3.05, 3.63) is 65.2 Å². The fourth-order valence-corrected chi connectivity index (χ4v) is 2.70. The first kappa shape index (κ1) is 12.7. The summed E-state index contributed by atoms with van der Waals surface area (Å²) in [5.41, 5.74) is 2.90. The summed E-state index contributed by atoms with van der Waals surface area (Å²) in [4.78, 5) is 14.4. The largest absolute Gasteiger partial charge is 0.507 e. The van der Waals surface area contributed by atoms with Gasteiger partial charge in [-0.1, -0.05) is 36.4 Å². The Morgan fingerprint density at radius 3 is 2.50 bits per heavy atom. The van der Waals surface area contributed by atoms with E-state index in [1.807, 2.05) is 17.0 Å². The lowest BCUT2D eigenvalue weighted by Crippen LogP contribution is -2.30. The van der Waals surface area contributed by atoms with Crippen LogP contribution in [0, 0.1) is 0 Å². The Morgan fingerprint density at radius 2 is 1.70 bits per heavy atom. The number of carbonyl (C=O) groups is 1. The first-order chi connectivity index (χ1) is 9.75. The molecule has 0 radical (unpaired) electrons. The van der Waals surface area contributed by atoms with Gasteiger partial charge in [-0.25, -0.2) is 0 Å². The minimum atomic E-state index is -0.0974. The molecule has 0 saturated carbocycles. The van der Waals surface area contributed by atoms with Crippen LogP contribution in [0.2, 0.25) is 0 Å². The molecule has 0 spiro atoms. The van der Waals surface area contributed by atoms with Gasteiger partial charge in [0.05, 0.1) is 5.56 Å². The van der Waals surface area contributed by atoms with Crippen molar-refractivity contribution in [1.82, 2.24) is 4.90 Å². The third kappa shape index (κ3) is 2.39. The van der Waals surface area contributed by atoms with Gasteiger partial charge in [-0.2, -0.15) is 0 Å². The van der Waals surface area contributed by atoms with E-state index in [9.17, 15) is 9.90 Å². The molecular formula is C17H17NO2. The fraction of sp³-hybridized carbons (Fsp3) is 0.235. The van der Waals surface area contributed by atoms with E-state index >= 15 is 0 Å². The molecule has 2 aromatic carbocycles. The zero-order valence-electron chi connectivity index (χ0n) is 11.2. The number of aromatic hydroxyl groups is 1. The van der Waals surface area contributed by atoms with Gasteiger partial charge < -0.3 is 10.0 Å². The summed E-state index contributed by atoms with van der Waals surface area (Å²) in [5.74, 6) is -0.0464. The topological polar surface area (TPSA) is 40.5 Å². The van der Waals surface area contributed by atoms with Gasteiger partial charge in [0.2, 0.25) is 0 Å². The predicted molar refractivity (Wildman–Crippen MR) is 77.6 cm³/mol. The van der Waals surface area contributed by atoms with Crippen LogP contribution in [-0.2, 0) is 13.0 Å². The van der Waals surface area contributed by atoms with Gasteiger partial charge in [-0.15, -0.1) is 0 Å². The lowest BCUT2D eigenvalue weighted by molar-refractivity contribution is 0.0743. The quantitative estimate of drug-likeness (QED) is 0.863. The predicted octanol–water partition coefficient (Wildman–Crippen LogP) is 2.98. The fourth-order valence-electron chi connectivity index (χ4n) is 2.70. The smallest absolute Gasteiger partial charge is 0.257 e. The van der Waals surface area contributed by atoms with Crippen LogP contribution in [0.25, 0.3) is 0 Å². The summed E-state index contributed by atoms with van der Waals surface area (Å²) >= 11 is 0. The maximum Gasteiger partial charge on any atom is 0.257 e. The molecule has 1 heterocycles. The molecule has 102 valence electrons. The number of phenolic OH excluding ortho intramolecular Hbond substituents is 1. The zero-order valence-corrected chi connectivity index (χ0v) is 11.2. The summed E-state index contributed by atoms with van der Waals surface area (Å²) in [6.07, 6.45) is 1.96. The Balaban J connectivity index is 1.88. The van der Waals surface area contributed by atoms with Crippen molar-refractivity contribution in [1.29, 1.82) is 0 Å². The molecule has 0 saturated heterocycles. The van der Waals surface area contributed by atoms with Gasteiger partial charge in [-0.3, -0.25) is 4.79 Å². The molecule has 0 unspecified atom stereocenters. The van der Waals surface area contributed by atoms with Crippen molar-refractivity contribution < 1.29 is 9.90 Å². The molecule has 0 aliphatic carbocycles. The van der Waals surface area contributed by atoms with Crippen molar-refractivity contribution in [2.75, 3.05) is 6.54 Å². The number of aryl methyl sites for hydroxylation is 1.